The number of hydrogen-bond acceptors (Lipinski definition) is 6. The van der Waals surface area contributed by atoms with Crippen molar-refractivity contribution < 1.29 is 14.4 Å². The highest BCUT2D eigenvalue weighted by Gasteiger charge is 2.56. The minimum absolute atomic E-state index is 0.0775. The SMILES string of the molecule is Cc1ccc(N2C(=O)C3Sc4c(sc(=O)n4CC(=O)Nc4ccc(Cl)c(Cl)c4)C(c4ccc(C(C)(C)C)cc4)C3C2=O)cc1. The second-order valence-corrected chi connectivity index (χ2v) is 15.0. The average Bonchev–Trinajstić information content (AvgIpc) is 3.41. The molecule has 0 spiro atoms. The molecule has 6 rings (SSSR count). The molecule has 44 heavy (non-hydrogen) atoms. The second-order valence-electron chi connectivity index (χ2n) is 12.1. The van der Waals surface area contributed by atoms with Crippen molar-refractivity contribution in [3.05, 3.63) is 108 Å². The van der Waals surface area contributed by atoms with Gasteiger partial charge in [0.25, 0.3) is 0 Å². The molecule has 3 heterocycles. The highest BCUT2D eigenvalue weighted by molar-refractivity contribution is 8.00. The van der Waals surface area contributed by atoms with Crippen LogP contribution in [-0.2, 0) is 26.3 Å². The molecular formula is C33H29Cl2N3O4S2. The fourth-order valence-electron chi connectivity index (χ4n) is 5.67. The number of fused-ring (bicyclic) bond motifs is 2. The van der Waals surface area contributed by atoms with Crippen LogP contribution in [0.4, 0.5) is 11.4 Å². The number of aromatic nitrogens is 1. The highest BCUT2D eigenvalue weighted by atomic mass is 35.5. The number of aryl methyl sites for hydroxylation is 1. The zero-order valence-corrected chi connectivity index (χ0v) is 27.5. The van der Waals surface area contributed by atoms with Crippen LogP contribution in [0, 0.1) is 12.8 Å². The smallest absolute Gasteiger partial charge is 0.308 e. The van der Waals surface area contributed by atoms with Gasteiger partial charge in [-0.15, -0.1) is 0 Å². The maximum atomic E-state index is 14.1. The lowest BCUT2D eigenvalue weighted by Crippen LogP contribution is -2.33. The van der Waals surface area contributed by atoms with Crippen LogP contribution in [0.15, 0.2) is 76.6 Å². The number of nitrogens with zero attached hydrogens (tertiary/aromatic N) is 2. The standard InChI is InChI=1S/C33H29Cl2N3O4S2/c1-17-5-12-21(13-6-17)38-29(40)26-25(18-7-9-19(10-8-18)33(2,3)4)28-31(43-27(26)30(38)41)37(32(42)44-28)16-24(39)36-20-11-14-22(34)23(35)15-20/h5-15,25-27H,16H2,1-4H3,(H,36,39). The molecule has 1 aromatic heterocycles. The summed E-state index contributed by atoms with van der Waals surface area (Å²) in [5, 5.41) is 3.18. The number of rotatable bonds is 5. The molecule has 2 aliphatic rings. The molecule has 0 bridgehead atoms. The fourth-order valence-corrected chi connectivity index (χ4v) is 8.74. The van der Waals surface area contributed by atoms with Crippen LogP contribution in [0.1, 0.15) is 48.3 Å². The van der Waals surface area contributed by atoms with E-state index in [1.54, 1.807) is 24.3 Å². The molecule has 3 aromatic carbocycles. The zero-order valence-electron chi connectivity index (χ0n) is 24.4. The molecule has 226 valence electrons. The third-order valence-corrected chi connectivity index (χ3v) is 11.3. The van der Waals surface area contributed by atoms with E-state index in [9.17, 15) is 19.2 Å². The van der Waals surface area contributed by atoms with Crippen molar-refractivity contribution in [2.75, 3.05) is 10.2 Å². The molecule has 0 radical (unpaired) electrons. The molecule has 2 aliphatic heterocycles. The Balaban J connectivity index is 1.41. The van der Waals surface area contributed by atoms with Gasteiger partial charge in [-0.3, -0.25) is 23.7 Å². The summed E-state index contributed by atoms with van der Waals surface area (Å²) in [5.41, 5.74) is 3.87. The van der Waals surface area contributed by atoms with E-state index in [1.165, 1.54) is 27.3 Å². The largest absolute Gasteiger partial charge is 0.324 e. The third-order valence-electron chi connectivity index (χ3n) is 7.98. The van der Waals surface area contributed by atoms with E-state index in [2.05, 4.69) is 26.1 Å². The van der Waals surface area contributed by atoms with Crippen molar-refractivity contribution in [2.24, 2.45) is 5.92 Å². The predicted octanol–water partition coefficient (Wildman–Crippen LogP) is 7.26. The van der Waals surface area contributed by atoms with Gasteiger partial charge < -0.3 is 5.32 Å². The number of benzene rings is 3. The first-order valence-electron chi connectivity index (χ1n) is 14.0. The Labute approximate surface area is 273 Å². The highest BCUT2D eigenvalue weighted by Crippen LogP contribution is 2.54. The first-order valence-corrected chi connectivity index (χ1v) is 16.5. The Bertz CT molecular complexity index is 1860. The molecule has 3 atom stereocenters. The van der Waals surface area contributed by atoms with Gasteiger partial charge in [0, 0.05) is 16.5 Å². The van der Waals surface area contributed by atoms with Gasteiger partial charge in [-0.25, -0.2) is 4.90 Å². The van der Waals surface area contributed by atoms with Crippen LogP contribution in [0.5, 0.6) is 0 Å². The van der Waals surface area contributed by atoms with Gasteiger partial charge in [0.05, 0.1) is 26.7 Å². The first-order chi connectivity index (χ1) is 20.8. The van der Waals surface area contributed by atoms with Gasteiger partial charge in [0.2, 0.25) is 17.7 Å². The number of nitrogens with one attached hydrogen (secondary N) is 1. The topological polar surface area (TPSA) is 88.5 Å². The van der Waals surface area contributed by atoms with Crippen LogP contribution < -0.4 is 15.1 Å². The zero-order chi connectivity index (χ0) is 31.5. The Morgan fingerprint density at radius 2 is 1.59 bits per heavy atom. The molecule has 11 heteroatoms. The Hall–Kier alpha value is -3.37. The number of hydrogen-bond donors (Lipinski definition) is 1. The quantitative estimate of drug-likeness (QED) is 0.227. The minimum atomic E-state index is -0.762. The lowest BCUT2D eigenvalue weighted by atomic mass is 9.81. The summed E-state index contributed by atoms with van der Waals surface area (Å²) in [4.78, 5) is 56.2. The Kier molecular flexibility index (Phi) is 8.03. The van der Waals surface area contributed by atoms with Crippen molar-refractivity contribution >= 4 is 75.4 Å². The molecular weight excluding hydrogens is 637 g/mol. The van der Waals surface area contributed by atoms with E-state index in [0.29, 0.717) is 31.3 Å². The maximum Gasteiger partial charge on any atom is 0.308 e. The predicted molar refractivity (Wildman–Crippen MR) is 177 cm³/mol. The molecule has 7 nitrogen and oxygen atoms in total. The van der Waals surface area contributed by atoms with E-state index in [0.717, 1.165) is 28.0 Å². The van der Waals surface area contributed by atoms with Gasteiger partial charge in [0.1, 0.15) is 11.8 Å². The van der Waals surface area contributed by atoms with Crippen LogP contribution in [0.2, 0.25) is 10.0 Å². The molecule has 1 N–H and O–H groups in total. The fraction of sp³-hybridized carbons (Fsp3) is 0.273. The summed E-state index contributed by atoms with van der Waals surface area (Å²) >= 11 is 14.3. The number of carbonyl (C=O) groups excluding carboxylic acids is 3. The molecule has 1 saturated heterocycles. The normalized spacial score (nSPS) is 19.6. The van der Waals surface area contributed by atoms with E-state index in [-0.39, 0.29) is 28.6 Å². The van der Waals surface area contributed by atoms with Crippen LogP contribution in [0.3, 0.4) is 0 Å². The molecule has 1 fully saturated rings. The summed E-state index contributed by atoms with van der Waals surface area (Å²) in [5.74, 6) is -2.31. The molecule has 0 saturated carbocycles. The van der Waals surface area contributed by atoms with Gasteiger partial charge in [-0.05, 0) is 53.8 Å². The summed E-state index contributed by atoms with van der Waals surface area (Å²) < 4.78 is 1.40. The summed E-state index contributed by atoms with van der Waals surface area (Å²) in [6.45, 7) is 8.05. The van der Waals surface area contributed by atoms with E-state index < -0.39 is 23.0 Å². The maximum absolute atomic E-state index is 14.1. The van der Waals surface area contributed by atoms with Gasteiger partial charge in [-0.1, -0.05) is 109 Å². The van der Waals surface area contributed by atoms with Crippen molar-refractivity contribution in [3.63, 3.8) is 0 Å². The van der Waals surface area contributed by atoms with Crippen molar-refractivity contribution in [3.8, 4) is 0 Å². The summed E-state index contributed by atoms with van der Waals surface area (Å²) in [6, 6.07) is 20.1. The number of halogens is 2. The first kappa shape index (κ1) is 30.6. The molecule has 0 aliphatic carbocycles. The van der Waals surface area contributed by atoms with Crippen molar-refractivity contribution in [1.29, 1.82) is 0 Å². The molecule has 4 aromatic rings. The second kappa shape index (κ2) is 11.5. The molecule has 3 unspecified atom stereocenters. The Morgan fingerprint density at radius 1 is 0.909 bits per heavy atom. The summed E-state index contributed by atoms with van der Waals surface area (Å²) in [7, 11) is 0. The van der Waals surface area contributed by atoms with Crippen molar-refractivity contribution in [2.45, 2.75) is 55.8 Å². The third kappa shape index (κ3) is 5.51. The molecule has 3 amide bonds. The van der Waals surface area contributed by atoms with E-state index in [4.69, 9.17) is 23.2 Å². The number of imide groups is 1. The number of amides is 3. The van der Waals surface area contributed by atoms with Gasteiger partial charge >= 0.3 is 4.87 Å². The lowest BCUT2D eigenvalue weighted by Gasteiger charge is -2.31. The van der Waals surface area contributed by atoms with E-state index >= 15 is 0 Å². The Morgan fingerprint density at radius 3 is 2.23 bits per heavy atom. The number of anilines is 2. The number of carbonyl (C=O) groups is 3. The van der Waals surface area contributed by atoms with Gasteiger partial charge in [0.15, 0.2) is 0 Å². The minimum Gasteiger partial charge on any atom is -0.324 e. The monoisotopic (exact) mass is 665 g/mol. The van der Waals surface area contributed by atoms with Crippen molar-refractivity contribution in [1.82, 2.24) is 4.57 Å². The van der Waals surface area contributed by atoms with E-state index in [1.807, 2.05) is 43.3 Å². The van der Waals surface area contributed by atoms with Gasteiger partial charge in [-0.2, -0.15) is 0 Å². The van der Waals surface area contributed by atoms with Crippen LogP contribution in [-0.4, -0.2) is 27.5 Å². The lowest BCUT2D eigenvalue weighted by molar-refractivity contribution is -0.122. The number of thioether (sulfide) groups is 1. The average molecular weight is 667 g/mol. The van der Waals surface area contributed by atoms with Crippen LogP contribution >= 0.6 is 46.3 Å². The number of thiazole rings is 1. The van der Waals surface area contributed by atoms with Crippen LogP contribution in [0.25, 0.3) is 0 Å². The summed E-state index contributed by atoms with van der Waals surface area (Å²) in [6.07, 6.45) is 0.